The summed E-state index contributed by atoms with van der Waals surface area (Å²) in [5.41, 5.74) is 4.59. The van der Waals surface area contributed by atoms with Gasteiger partial charge in [-0.05, 0) is 48.5 Å². The molecule has 4 nitrogen and oxygen atoms in total. The SMILES string of the molecule is CC1=[C-]C(C)(C)C(C)=C1C.Cl.O=C(O)c1ccc(F)cc1.O=C(O)c1ccc(F)cc1.[Ti]. The maximum atomic E-state index is 12.2. The number of rotatable bonds is 2. The van der Waals surface area contributed by atoms with Crippen LogP contribution in [-0.2, 0) is 21.7 Å². The maximum Gasteiger partial charge on any atom is 0.335 e. The molecule has 0 atom stereocenters. The first kappa shape index (κ1) is 31.9. The molecule has 2 aromatic rings. The van der Waals surface area contributed by atoms with Crippen LogP contribution in [0.25, 0.3) is 0 Å². The van der Waals surface area contributed by atoms with Crippen LogP contribution in [-0.4, -0.2) is 22.2 Å². The number of carbonyl (C=O) groups is 2. The van der Waals surface area contributed by atoms with Crippen molar-refractivity contribution in [3.8, 4) is 0 Å². The molecule has 3 rings (SSSR count). The second-order valence-corrected chi connectivity index (χ2v) is 7.25. The van der Waals surface area contributed by atoms with E-state index in [1.807, 2.05) is 0 Å². The van der Waals surface area contributed by atoms with Gasteiger partial charge in [-0.2, -0.15) is 11.1 Å². The van der Waals surface area contributed by atoms with Crippen LogP contribution < -0.4 is 0 Å². The van der Waals surface area contributed by atoms with Crippen LogP contribution in [0.4, 0.5) is 8.78 Å². The van der Waals surface area contributed by atoms with Crippen LogP contribution in [0.5, 0.6) is 0 Å². The second-order valence-electron chi connectivity index (χ2n) is 7.25. The Bertz CT molecular complexity index is 911. The van der Waals surface area contributed by atoms with Gasteiger partial charge in [-0.25, -0.2) is 23.9 Å². The Morgan fingerprint density at radius 1 is 0.781 bits per heavy atom. The van der Waals surface area contributed by atoms with Crippen LogP contribution in [0.3, 0.4) is 0 Å². The molecule has 0 amide bonds. The number of halogens is 3. The van der Waals surface area contributed by atoms with Crippen LogP contribution in [0.2, 0.25) is 0 Å². The van der Waals surface area contributed by atoms with E-state index in [0.29, 0.717) is 0 Å². The summed E-state index contributed by atoms with van der Waals surface area (Å²) in [6, 6.07) is 9.34. The van der Waals surface area contributed by atoms with E-state index in [-0.39, 0.29) is 50.7 Å². The first-order valence-corrected chi connectivity index (χ1v) is 9.13. The molecule has 1 aliphatic carbocycles. The van der Waals surface area contributed by atoms with Crippen LogP contribution in [0.15, 0.2) is 65.3 Å². The molecule has 0 aromatic heterocycles. The summed E-state index contributed by atoms with van der Waals surface area (Å²) >= 11 is 0. The largest absolute Gasteiger partial charge is 0.478 e. The van der Waals surface area contributed by atoms with Crippen LogP contribution in [0.1, 0.15) is 55.3 Å². The molecule has 0 bridgehead atoms. The summed E-state index contributed by atoms with van der Waals surface area (Å²) < 4.78 is 24.3. The molecule has 0 fully saturated rings. The summed E-state index contributed by atoms with van der Waals surface area (Å²) in [7, 11) is 0. The van der Waals surface area contributed by atoms with E-state index < -0.39 is 23.6 Å². The van der Waals surface area contributed by atoms with Crippen molar-refractivity contribution in [2.45, 2.75) is 34.6 Å². The molecule has 0 saturated carbocycles. The number of carboxylic acids is 2. The van der Waals surface area contributed by atoms with E-state index >= 15 is 0 Å². The molecule has 32 heavy (non-hydrogen) atoms. The average Bonchev–Trinajstić information content (AvgIpc) is 2.85. The van der Waals surface area contributed by atoms with Gasteiger partial charge in [0, 0.05) is 21.7 Å². The molecule has 172 valence electrons. The van der Waals surface area contributed by atoms with E-state index in [0.717, 1.165) is 24.3 Å². The molecule has 0 heterocycles. The molecular weight excluding hydrogens is 474 g/mol. The summed E-state index contributed by atoms with van der Waals surface area (Å²) in [6.07, 6.45) is 3.44. The quantitative estimate of drug-likeness (QED) is 0.361. The van der Waals surface area contributed by atoms with Gasteiger partial charge in [0.05, 0.1) is 11.1 Å². The van der Waals surface area contributed by atoms with Gasteiger partial charge < -0.3 is 10.2 Å². The van der Waals surface area contributed by atoms with E-state index in [1.54, 1.807) is 0 Å². The van der Waals surface area contributed by atoms with Gasteiger partial charge in [-0.15, -0.1) is 19.3 Å². The molecule has 1 aliphatic rings. The van der Waals surface area contributed by atoms with Gasteiger partial charge in [-0.3, -0.25) is 6.08 Å². The molecule has 2 N–H and O–H groups in total. The molecule has 0 unspecified atom stereocenters. The number of hydrogen-bond donors (Lipinski definition) is 2. The first-order chi connectivity index (χ1) is 13.8. The fourth-order valence-corrected chi connectivity index (χ4v) is 2.59. The van der Waals surface area contributed by atoms with Gasteiger partial charge in [0.2, 0.25) is 0 Å². The zero-order valence-electron chi connectivity index (χ0n) is 18.5. The summed E-state index contributed by atoms with van der Waals surface area (Å²) in [5, 5.41) is 16.7. The van der Waals surface area contributed by atoms with E-state index in [1.165, 1.54) is 41.0 Å². The van der Waals surface area contributed by atoms with Gasteiger partial charge >= 0.3 is 11.9 Å². The monoisotopic (exact) mass is 499 g/mol. The maximum absolute atomic E-state index is 12.2. The van der Waals surface area contributed by atoms with Crippen LogP contribution >= 0.6 is 12.4 Å². The van der Waals surface area contributed by atoms with Crippen molar-refractivity contribution in [3.63, 3.8) is 0 Å². The standard InChI is InChI=1S/C10H15.2C7H5FO2.ClH.Ti/c1-7-6-10(4,5)9(3)8(7)2;2*8-6-3-1-5(2-4-6)7(9)10;;/h1-5H3;2*1-4H,(H,9,10);1H;/q-1;;;;. The molecule has 2 aromatic carbocycles. The fourth-order valence-electron chi connectivity index (χ4n) is 2.59. The van der Waals surface area contributed by atoms with Crippen molar-refractivity contribution in [3.05, 3.63) is 94.1 Å². The second kappa shape index (κ2) is 14.0. The van der Waals surface area contributed by atoms with E-state index in [4.69, 9.17) is 10.2 Å². The smallest absolute Gasteiger partial charge is 0.335 e. The Kier molecular flexibility index (Phi) is 14.0. The third-order valence-corrected chi connectivity index (χ3v) is 4.74. The number of allylic oxidation sites excluding steroid dienone is 4. The van der Waals surface area contributed by atoms with Crippen molar-refractivity contribution in [2.75, 3.05) is 0 Å². The molecule has 0 aliphatic heterocycles. The normalized spacial score (nSPS) is 13.2. The van der Waals surface area contributed by atoms with Crippen LogP contribution in [0, 0.1) is 23.1 Å². The van der Waals surface area contributed by atoms with Crippen molar-refractivity contribution < 1.29 is 50.3 Å². The molecule has 0 saturated heterocycles. The minimum Gasteiger partial charge on any atom is -0.478 e. The van der Waals surface area contributed by atoms with Gasteiger partial charge in [0.1, 0.15) is 11.6 Å². The van der Waals surface area contributed by atoms with Crippen molar-refractivity contribution in [1.29, 1.82) is 0 Å². The number of hydrogen-bond acceptors (Lipinski definition) is 2. The van der Waals surface area contributed by atoms with Gasteiger partial charge in [0.25, 0.3) is 0 Å². The van der Waals surface area contributed by atoms with Crippen molar-refractivity contribution in [1.82, 2.24) is 0 Å². The third-order valence-electron chi connectivity index (χ3n) is 4.74. The Hall–Kier alpha value is -2.28. The summed E-state index contributed by atoms with van der Waals surface area (Å²) in [4.78, 5) is 20.4. The Labute approximate surface area is 208 Å². The Balaban J connectivity index is 0. The number of benzene rings is 2. The zero-order chi connectivity index (χ0) is 23.1. The topological polar surface area (TPSA) is 74.6 Å². The van der Waals surface area contributed by atoms with Gasteiger partial charge in [-0.1, -0.05) is 33.1 Å². The molecule has 0 radical (unpaired) electrons. The number of aromatic carboxylic acids is 2. The molecule has 0 spiro atoms. The average molecular weight is 500 g/mol. The fraction of sp³-hybridized carbons (Fsp3) is 0.250. The van der Waals surface area contributed by atoms with Crippen molar-refractivity contribution in [2.24, 2.45) is 5.41 Å². The van der Waals surface area contributed by atoms with E-state index in [2.05, 4.69) is 40.7 Å². The van der Waals surface area contributed by atoms with Gasteiger partial charge in [0.15, 0.2) is 0 Å². The first-order valence-electron chi connectivity index (χ1n) is 9.13. The summed E-state index contributed by atoms with van der Waals surface area (Å²) in [5.74, 6) is -2.94. The zero-order valence-corrected chi connectivity index (χ0v) is 20.9. The molecular formula is C24H26ClF2O4Ti-. The third kappa shape index (κ3) is 9.90. The predicted octanol–water partition coefficient (Wildman–Crippen LogP) is 6.58. The summed E-state index contributed by atoms with van der Waals surface area (Å²) in [6.45, 7) is 10.9. The Morgan fingerprint density at radius 3 is 1.25 bits per heavy atom. The van der Waals surface area contributed by atoms with E-state index in [9.17, 15) is 18.4 Å². The predicted molar refractivity (Wildman–Crippen MR) is 119 cm³/mol. The molecule has 8 heteroatoms. The minimum absolute atomic E-state index is 0. The minimum atomic E-state index is -1.04. The number of carboxylic acid groups (broad SMARTS) is 2. The van der Waals surface area contributed by atoms with Crippen molar-refractivity contribution >= 4 is 24.3 Å². The Morgan fingerprint density at radius 2 is 1.09 bits per heavy atom.